The molecule has 110 valence electrons. The fourth-order valence-electron chi connectivity index (χ4n) is 2.02. The monoisotopic (exact) mass is 298 g/mol. The van der Waals surface area contributed by atoms with Gasteiger partial charge in [0.15, 0.2) is 11.5 Å². The molecule has 7 heteroatoms. The topological polar surface area (TPSA) is 94.6 Å². The Morgan fingerprint density at radius 1 is 1.14 bits per heavy atom. The van der Waals surface area contributed by atoms with E-state index in [4.69, 9.17) is 19.5 Å². The fourth-order valence-corrected chi connectivity index (χ4v) is 2.02. The van der Waals surface area contributed by atoms with Crippen LogP contribution in [-0.4, -0.2) is 18.1 Å². The number of ether oxygens (including phenoxy) is 3. The second kappa shape index (κ2) is 5.61. The molecule has 0 fully saturated rings. The zero-order valence-corrected chi connectivity index (χ0v) is 11.3. The molecular formula is C15H10N2O5. The number of nitriles is 1. The highest BCUT2D eigenvalue weighted by molar-refractivity contribution is 5.53. The molecule has 2 aromatic rings. The van der Waals surface area contributed by atoms with Gasteiger partial charge in [-0.15, -0.1) is 0 Å². The van der Waals surface area contributed by atoms with Crippen LogP contribution in [0.5, 0.6) is 23.0 Å². The highest BCUT2D eigenvalue weighted by Gasteiger charge is 2.15. The largest absolute Gasteiger partial charge is 0.486 e. The molecule has 0 saturated heterocycles. The Morgan fingerprint density at radius 3 is 2.64 bits per heavy atom. The first-order chi connectivity index (χ1) is 10.7. The molecule has 0 amide bonds. The molecule has 1 aliphatic heterocycles. The van der Waals surface area contributed by atoms with Crippen LogP contribution in [0, 0.1) is 21.4 Å². The molecule has 0 unspecified atom stereocenters. The minimum absolute atomic E-state index is 0.0871. The predicted molar refractivity (Wildman–Crippen MR) is 75.3 cm³/mol. The second-order valence-electron chi connectivity index (χ2n) is 4.46. The van der Waals surface area contributed by atoms with E-state index >= 15 is 0 Å². The van der Waals surface area contributed by atoms with Crippen LogP contribution in [0.2, 0.25) is 0 Å². The number of nitro groups is 1. The van der Waals surface area contributed by atoms with E-state index in [-0.39, 0.29) is 17.0 Å². The van der Waals surface area contributed by atoms with Gasteiger partial charge in [-0.1, -0.05) is 0 Å². The zero-order valence-electron chi connectivity index (χ0n) is 11.3. The molecule has 7 nitrogen and oxygen atoms in total. The van der Waals surface area contributed by atoms with Crippen molar-refractivity contribution in [3.05, 3.63) is 52.1 Å². The van der Waals surface area contributed by atoms with Crippen LogP contribution in [0.4, 0.5) is 5.69 Å². The molecule has 0 radical (unpaired) electrons. The molecule has 3 rings (SSSR count). The molecule has 1 heterocycles. The third-order valence-electron chi connectivity index (χ3n) is 3.04. The average molecular weight is 298 g/mol. The van der Waals surface area contributed by atoms with E-state index in [9.17, 15) is 10.1 Å². The van der Waals surface area contributed by atoms with E-state index in [0.717, 1.165) is 0 Å². The summed E-state index contributed by atoms with van der Waals surface area (Å²) < 4.78 is 16.5. The van der Waals surface area contributed by atoms with Crippen molar-refractivity contribution in [1.82, 2.24) is 0 Å². The summed E-state index contributed by atoms with van der Waals surface area (Å²) in [6, 6.07) is 10.8. The Kier molecular flexibility index (Phi) is 3.50. The van der Waals surface area contributed by atoms with Crippen molar-refractivity contribution in [3.8, 4) is 29.1 Å². The molecule has 2 aromatic carbocycles. The van der Waals surface area contributed by atoms with E-state index in [0.29, 0.717) is 30.5 Å². The Bertz CT molecular complexity index is 782. The maximum absolute atomic E-state index is 10.7. The number of rotatable bonds is 3. The van der Waals surface area contributed by atoms with Crippen LogP contribution in [0.1, 0.15) is 5.56 Å². The molecule has 0 bridgehead atoms. The van der Waals surface area contributed by atoms with Gasteiger partial charge in [0, 0.05) is 18.2 Å². The minimum Gasteiger partial charge on any atom is -0.486 e. The van der Waals surface area contributed by atoms with Gasteiger partial charge in [-0.2, -0.15) is 5.26 Å². The highest BCUT2D eigenvalue weighted by Crippen LogP contribution is 2.36. The van der Waals surface area contributed by atoms with Crippen molar-refractivity contribution in [1.29, 1.82) is 5.26 Å². The number of fused-ring (bicyclic) bond motifs is 1. The van der Waals surface area contributed by atoms with E-state index in [1.807, 2.05) is 6.07 Å². The summed E-state index contributed by atoms with van der Waals surface area (Å²) >= 11 is 0. The lowest BCUT2D eigenvalue weighted by Gasteiger charge is -2.19. The maximum Gasteiger partial charge on any atom is 0.271 e. The lowest BCUT2D eigenvalue weighted by molar-refractivity contribution is -0.384. The number of hydrogen-bond acceptors (Lipinski definition) is 6. The van der Waals surface area contributed by atoms with Crippen LogP contribution in [0.15, 0.2) is 36.4 Å². The number of non-ortho nitro benzene ring substituents is 1. The van der Waals surface area contributed by atoms with Gasteiger partial charge in [0.05, 0.1) is 4.92 Å². The van der Waals surface area contributed by atoms with Gasteiger partial charge < -0.3 is 14.2 Å². The Labute approximate surface area is 125 Å². The lowest BCUT2D eigenvalue weighted by atomic mass is 10.2. The number of benzene rings is 2. The summed E-state index contributed by atoms with van der Waals surface area (Å²) in [4.78, 5) is 10.2. The van der Waals surface area contributed by atoms with Crippen molar-refractivity contribution in [3.63, 3.8) is 0 Å². The molecule has 22 heavy (non-hydrogen) atoms. The Balaban J connectivity index is 1.90. The highest BCUT2D eigenvalue weighted by atomic mass is 16.6. The van der Waals surface area contributed by atoms with Crippen molar-refractivity contribution in [2.24, 2.45) is 0 Å². The molecule has 0 saturated carbocycles. The third-order valence-corrected chi connectivity index (χ3v) is 3.04. The van der Waals surface area contributed by atoms with Gasteiger partial charge in [0.2, 0.25) is 0 Å². The van der Waals surface area contributed by atoms with Crippen LogP contribution in [0.3, 0.4) is 0 Å². The Hall–Kier alpha value is -3.27. The number of nitrogens with zero attached hydrogens (tertiary/aromatic N) is 2. The molecule has 0 spiro atoms. The van der Waals surface area contributed by atoms with Crippen LogP contribution >= 0.6 is 0 Å². The van der Waals surface area contributed by atoms with Gasteiger partial charge in [-0.3, -0.25) is 10.1 Å². The first kappa shape index (κ1) is 13.7. The van der Waals surface area contributed by atoms with Crippen molar-refractivity contribution >= 4 is 5.69 Å². The molecular weight excluding hydrogens is 288 g/mol. The van der Waals surface area contributed by atoms with Crippen molar-refractivity contribution < 1.29 is 19.1 Å². The zero-order chi connectivity index (χ0) is 15.5. The minimum atomic E-state index is -0.561. The molecule has 0 N–H and O–H groups in total. The number of hydrogen-bond donors (Lipinski definition) is 0. The molecule has 0 aromatic heterocycles. The summed E-state index contributed by atoms with van der Waals surface area (Å²) in [7, 11) is 0. The quantitative estimate of drug-likeness (QED) is 0.638. The predicted octanol–water partition coefficient (Wildman–Crippen LogP) is 3.03. The van der Waals surface area contributed by atoms with E-state index in [1.165, 1.54) is 18.2 Å². The van der Waals surface area contributed by atoms with Crippen molar-refractivity contribution in [2.45, 2.75) is 0 Å². The smallest absolute Gasteiger partial charge is 0.271 e. The van der Waals surface area contributed by atoms with Crippen molar-refractivity contribution in [2.75, 3.05) is 13.2 Å². The summed E-state index contributed by atoms with van der Waals surface area (Å²) in [6.45, 7) is 0.950. The fraction of sp³-hybridized carbons (Fsp3) is 0.133. The van der Waals surface area contributed by atoms with Crippen LogP contribution in [0.25, 0.3) is 0 Å². The first-order valence-corrected chi connectivity index (χ1v) is 6.43. The van der Waals surface area contributed by atoms with E-state index in [2.05, 4.69) is 0 Å². The Morgan fingerprint density at radius 2 is 1.91 bits per heavy atom. The summed E-state index contributed by atoms with van der Waals surface area (Å²) in [5.74, 6) is 1.88. The van der Waals surface area contributed by atoms with Gasteiger partial charge in [-0.05, 0) is 18.2 Å². The van der Waals surface area contributed by atoms with Crippen LogP contribution < -0.4 is 14.2 Å². The van der Waals surface area contributed by atoms with Crippen LogP contribution in [-0.2, 0) is 0 Å². The first-order valence-electron chi connectivity index (χ1n) is 6.43. The molecule has 0 atom stereocenters. The second-order valence-corrected chi connectivity index (χ2v) is 4.46. The summed E-state index contributed by atoms with van der Waals surface area (Å²) in [5, 5.41) is 19.8. The summed E-state index contributed by atoms with van der Waals surface area (Å²) in [6.07, 6.45) is 0. The van der Waals surface area contributed by atoms with Gasteiger partial charge in [0.1, 0.15) is 36.3 Å². The lowest BCUT2D eigenvalue weighted by Crippen LogP contribution is -2.15. The molecule has 1 aliphatic rings. The SMILES string of the molecule is N#Cc1cc([N+](=O)[O-])ccc1Oc1ccc2c(c1)OCCO2. The normalized spacial score (nSPS) is 12.3. The third kappa shape index (κ3) is 2.62. The van der Waals surface area contributed by atoms with E-state index < -0.39 is 4.92 Å². The standard InChI is InChI=1S/C15H10N2O5/c16-9-10-7-11(17(18)19)1-3-13(10)22-12-2-4-14-15(8-12)21-6-5-20-14/h1-4,7-8H,5-6H2. The van der Waals surface area contributed by atoms with Gasteiger partial charge in [-0.25, -0.2) is 0 Å². The van der Waals surface area contributed by atoms with Gasteiger partial charge in [0.25, 0.3) is 5.69 Å². The average Bonchev–Trinajstić information content (AvgIpc) is 2.55. The van der Waals surface area contributed by atoms with E-state index in [1.54, 1.807) is 18.2 Å². The number of nitro benzene ring substituents is 1. The van der Waals surface area contributed by atoms with Gasteiger partial charge >= 0.3 is 0 Å². The molecule has 0 aliphatic carbocycles. The maximum atomic E-state index is 10.7. The summed E-state index contributed by atoms with van der Waals surface area (Å²) in [5.41, 5.74) is -0.0739.